The van der Waals surface area contributed by atoms with Gasteiger partial charge in [-0.1, -0.05) is 19.3 Å². The fourth-order valence-corrected chi connectivity index (χ4v) is 5.55. The summed E-state index contributed by atoms with van der Waals surface area (Å²) in [6.07, 6.45) is 8.99. The predicted octanol–water partition coefficient (Wildman–Crippen LogP) is 3.74. The molecule has 1 saturated carbocycles. The van der Waals surface area contributed by atoms with Crippen molar-refractivity contribution in [1.82, 2.24) is 15.1 Å². The van der Waals surface area contributed by atoms with Crippen LogP contribution in [0.2, 0.25) is 0 Å². The van der Waals surface area contributed by atoms with E-state index in [4.69, 9.17) is 0 Å². The monoisotopic (exact) mass is 455 g/mol. The van der Waals surface area contributed by atoms with Gasteiger partial charge in [0, 0.05) is 32.7 Å². The second-order valence-corrected chi connectivity index (χ2v) is 10.4. The average molecular weight is 456 g/mol. The van der Waals surface area contributed by atoms with Crippen molar-refractivity contribution in [3.63, 3.8) is 0 Å². The van der Waals surface area contributed by atoms with Crippen LogP contribution >= 0.6 is 27.3 Å². The first-order valence-electron chi connectivity index (χ1n) is 10.0. The normalized spacial score (nSPS) is 19.8. The van der Waals surface area contributed by atoms with Gasteiger partial charge in [0.05, 0.1) is 15.2 Å². The van der Waals surface area contributed by atoms with Crippen LogP contribution in [0.5, 0.6) is 0 Å². The van der Waals surface area contributed by atoms with Gasteiger partial charge in [-0.05, 0) is 59.7 Å². The van der Waals surface area contributed by atoms with E-state index in [0.717, 1.165) is 35.6 Å². The van der Waals surface area contributed by atoms with Crippen LogP contribution in [0.3, 0.4) is 0 Å². The number of halogens is 1. The van der Waals surface area contributed by atoms with Crippen LogP contribution in [0, 0.1) is 5.92 Å². The number of likely N-dealkylation sites (N-methyl/N-ethyl adjacent to an activating group) is 1. The van der Waals surface area contributed by atoms with Gasteiger partial charge >= 0.3 is 0 Å². The largest absolute Gasteiger partial charge is 0.352 e. The molecule has 1 aromatic heterocycles. The third-order valence-corrected chi connectivity index (χ3v) is 7.32. The molecule has 2 fully saturated rings. The Kier molecular flexibility index (Phi) is 7.73. The minimum absolute atomic E-state index is 0.0628. The molecule has 0 spiro atoms. The summed E-state index contributed by atoms with van der Waals surface area (Å²) in [6.45, 7) is 3.48. The number of carbonyl (C=O) groups is 2. The van der Waals surface area contributed by atoms with E-state index in [1.165, 1.54) is 54.9 Å². The molecule has 150 valence electrons. The fraction of sp³-hybridized carbons (Fsp3) is 0.700. The lowest BCUT2D eigenvalue weighted by Crippen LogP contribution is -2.48. The lowest BCUT2D eigenvalue weighted by atomic mass is 9.88. The number of hydrogen-bond donors (Lipinski definition) is 1. The summed E-state index contributed by atoms with van der Waals surface area (Å²) >= 11 is 4.76. The number of thiophene rings is 1. The van der Waals surface area contributed by atoms with E-state index in [-0.39, 0.29) is 24.4 Å². The molecule has 0 aromatic carbocycles. The molecule has 0 unspecified atom stereocenters. The highest BCUT2D eigenvalue weighted by atomic mass is 79.9. The average Bonchev–Trinajstić information content (AvgIpc) is 3.10. The van der Waals surface area contributed by atoms with Gasteiger partial charge < -0.3 is 15.1 Å². The second-order valence-electron chi connectivity index (χ2n) is 7.91. The van der Waals surface area contributed by atoms with E-state index in [0.29, 0.717) is 4.88 Å². The Morgan fingerprint density at radius 1 is 1.19 bits per heavy atom. The molecular weight excluding hydrogens is 426 g/mol. The molecule has 0 radical (unpaired) electrons. The molecule has 2 aliphatic rings. The number of hydrogen-bond acceptors (Lipinski definition) is 4. The highest BCUT2D eigenvalue weighted by Crippen LogP contribution is 2.25. The summed E-state index contributed by atoms with van der Waals surface area (Å²) in [5.41, 5.74) is 0. The number of piperidine rings is 1. The quantitative estimate of drug-likeness (QED) is 0.710. The van der Waals surface area contributed by atoms with E-state index in [9.17, 15) is 9.59 Å². The summed E-state index contributed by atoms with van der Waals surface area (Å²) in [6, 6.07) is 3.87. The molecule has 2 heterocycles. The van der Waals surface area contributed by atoms with E-state index in [1.807, 2.05) is 6.07 Å². The summed E-state index contributed by atoms with van der Waals surface area (Å²) in [5.74, 6) is 0.706. The van der Waals surface area contributed by atoms with Crippen LogP contribution in [0.15, 0.2) is 15.9 Å². The Morgan fingerprint density at radius 2 is 1.89 bits per heavy atom. The lowest BCUT2D eigenvalue weighted by molar-refractivity contribution is -0.122. The molecular formula is C20H30BrN3O2S. The Hall–Kier alpha value is -0.920. The van der Waals surface area contributed by atoms with Crippen LogP contribution in [0.4, 0.5) is 0 Å². The number of nitrogens with one attached hydrogen (secondary N) is 1. The van der Waals surface area contributed by atoms with Gasteiger partial charge in [0.2, 0.25) is 5.91 Å². The Balaban J connectivity index is 1.37. The first-order valence-corrected chi connectivity index (χ1v) is 11.6. The molecule has 27 heavy (non-hydrogen) atoms. The van der Waals surface area contributed by atoms with Crippen LogP contribution in [-0.4, -0.2) is 60.9 Å². The van der Waals surface area contributed by atoms with Gasteiger partial charge in [0.1, 0.15) is 0 Å². The number of carbonyl (C=O) groups excluding carboxylic acids is 2. The Labute approximate surface area is 174 Å². The van der Waals surface area contributed by atoms with Gasteiger partial charge in [-0.15, -0.1) is 11.3 Å². The molecule has 7 heteroatoms. The molecule has 5 nitrogen and oxygen atoms in total. The van der Waals surface area contributed by atoms with Crippen molar-refractivity contribution in [2.45, 2.75) is 51.0 Å². The first kappa shape index (κ1) is 20.8. The Morgan fingerprint density at radius 3 is 2.52 bits per heavy atom. The van der Waals surface area contributed by atoms with Crippen molar-refractivity contribution < 1.29 is 9.59 Å². The molecule has 0 bridgehead atoms. The van der Waals surface area contributed by atoms with E-state index in [2.05, 4.69) is 26.1 Å². The van der Waals surface area contributed by atoms with Crippen LogP contribution in [0.1, 0.15) is 54.6 Å². The smallest absolute Gasteiger partial charge is 0.264 e. The second kappa shape index (κ2) is 10.0. The van der Waals surface area contributed by atoms with Crippen molar-refractivity contribution in [2.75, 3.05) is 33.2 Å². The van der Waals surface area contributed by atoms with Gasteiger partial charge in [0.15, 0.2) is 0 Å². The van der Waals surface area contributed by atoms with Crippen molar-refractivity contribution in [1.29, 1.82) is 0 Å². The molecule has 3 rings (SSSR count). The standard InChI is InChI=1S/C20H30BrN3O2S/c1-23(20(26)17-7-8-18(21)27-17)14-19(25)22-16-9-11-24(12-10-16)13-15-5-3-2-4-6-15/h7-8,15-16H,2-6,9-14H2,1H3,(H,22,25). The zero-order chi connectivity index (χ0) is 19.2. The maximum absolute atomic E-state index is 12.3. The number of nitrogens with zero attached hydrogens (tertiary/aromatic N) is 2. The Bertz CT molecular complexity index is 637. The van der Waals surface area contributed by atoms with Gasteiger partial charge in [-0.25, -0.2) is 0 Å². The maximum Gasteiger partial charge on any atom is 0.264 e. The summed E-state index contributed by atoms with van der Waals surface area (Å²) in [4.78, 5) is 29.4. The predicted molar refractivity (Wildman–Crippen MR) is 113 cm³/mol. The fourth-order valence-electron chi connectivity index (χ4n) is 4.17. The molecule has 1 aromatic rings. The van der Waals surface area contributed by atoms with Crippen LogP contribution < -0.4 is 5.32 Å². The molecule has 1 aliphatic heterocycles. The maximum atomic E-state index is 12.3. The van der Waals surface area contributed by atoms with E-state index in [1.54, 1.807) is 13.1 Å². The van der Waals surface area contributed by atoms with Gasteiger partial charge in [0.25, 0.3) is 5.91 Å². The first-order chi connectivity index (χ1) is 13.0. The minimum atomic E-state index is -0.108. The summed E-state index contributed by atoms with van der Waals surface area (Å²) < 4.78 is 0.920. The molecule has 1 aliphatic carbocycles. The van der Waals surface area contributed by atoms with Crippen molar-refractivity contribution >= 4 is 39.1 Å². The van der Waals surface area contributed by atoms with Crippen LogP contribution in [-0.2, 0) is 4.79 Å². The molecule has 0 atom stereocenters. The summed E-state index contributed by atoms with van der Waals surface area (Å²) in [5, 5.41) is 3.12. The third kappa shape index (κ3) is 6.29. The zero-order valence-electron chi connectivity index (χ0n) is 16.1. The SMILES string of the molecule is CN(CC(=O)NC1CCN(CC2CCCCC2)CC1)C(=O)c1ccc(Br)s1. The lowest BCUT2D eigenvalue weighted by Gasteiger charge is -2.35. The number of amides is 2. The van der Waals surface area contributed by atoms with Crippen molar-refractivity contribution in [2.24, 2.45) is 5.92 Å². The molecule has 2 amide bonds. The van der Waals surface area contributed by atoms with Gasteiger partial charge in [-0.3, -0.25) is 9.59 Å². The van der Waals surface area contributed by atoms with Crippen molar-refractivity contribution in [3.8, 4) is 0 Å². The van der Waals surface area contributed by atoms with E-state index < -0.39 is 0 Å². The zero-order valence-corrected chi connectivity index (χ0v) is 18.5. The van der Waals surface area contributed by atoms with E-state index >= 15 is 0 Å². The number of likely N-dealkylation sites (tertiary alicyclic amines) is 1. The third-order valence-electron chi connectivity index (χ3n) is 5.71. The molecule has 1 N–H and O–H groups in total. The highest BCUT2D eigenvalue weighted by molar-refractivity contribution is 9.11. The van der Waals surface area contributed by atoms with Crippen LogP contribution in [0.25, 0.3) is 0 Å². The number of rotatable bonds is 6. The summed E-state index contributed by atoms with van der Waals surface area (Å²) in [7, 11) is 1.68. The van der Waals surface area contributed by atoms with Crippen molar-refractivity contribution in [3.05, 3.63) is 20.8 Å². The minimum Gasteiger partial charge on any atom is -0.352 e. The molecule has 1 saturated heterocycles. The highest BCUT2D eigenvalue weighted by Gasteiger charge is 2.24. The van der Waals surface area contributed by atoms with Gasteiger partial charge in [-0.2, -0.15) is 0 Å². The topological polar surface area (TPSA) is 52.7 Å².